The molecule has 0 nitrogen and oxygen atoms in total. The number of benzene rings is 7. The minimum atomic E-state index is -0.187. The van der Waals surface area contributed by atoms with Gasteiger partial charge in [0.15, 0.2) is 0 Å². The van der Waals surface area contributed by atoms with Crippen molar-refractivity contribution >= 4 is 0 Å². The third-order valence-electron chi connectivity index (χ3n) is 11.4. The molecule has 0 saturated heterocycles. The van der Waals surface area contributed by atoms with E-state index in [2.05, 4.69) is 209 Å². The van der Waals surface area contributed by atoms with Gasteiger partial charge in [0.2, 0.25) is 0 Å². The molecule has 9 rings (SSSR count). The normalized spacial score (nSPS) is 16.8. The predicted molar refractivity (Wildman–Crippen MR) is 221 cm³/mol. The summed E-state index contributed by atoms with van der Waals surface area (Å²) >= 11 is 0. The van der Waals surface area contributed by atoms with Crippen LogP contribution in [0.25, 0.3) is 66.8 Å². The van der Waals surface area contributed by atoms with Crippen molar-refractivity contribution in [1.82, 2.24) is 0 Å². The number of rotatable bonds is 6. The molecule has 2 aliphatic rings. The molecule has 0 saturated carbocycles. The lowest BCUT2D eigenvalue weighted by Gasteiger charge is -2.27. The van der Waals surface area contributed by atoms with E-state index < -0.39 is 0 Å². The van der Waals surface area contributed by atoms with Crippen LogP contribution in [0.4, 0.5) is 0 Å². The molecule has 52 heavy (non-hydrogen) atoms. The number of allylic oxidation sites excluding steroid dienone is 4. The van der Waals surface area contributed by atoms with Crippen molar-refractivity contribution in [3.8, 4) is 66.8 Å². The molecule has 2 unspecified atom stereocenters. The zero-order valence-electron chi connectivity index (χ0n) is 30.1. The van der Waals surface area contributed by atoms with Crippen molar-refractivity contribution in [3.05, 3.63) is 205 Å². The first-order valence-electron chi connectivity index (χ1n) is 18.6. The molecule has 250 valence electrons. The van der Waals surface area contributed by atoms with Crippen molar-refractivity contribution in [1.29, 1.82) is 0 Å². The van der Waals surface area contributed by atoms with Crippen LogP contribution in [0.2, 0.25) is 0 Å². The van der Waals surface area contributed by atoms with Gasteiger partial charge in [0.1, 0.15) is 0 Å². The zero-order chi connectivity index (χ0) is 35.2. The van der Waals surface area contributed by atoms with Crippen LogP contribution in [-0.4, -0.2) is 0 Å². The highest BCUT2D eigenvalue weighted by atomic mass is 14.4. The van der Waals surface area contributed by atoms with Gasteiger partial charge in [-0.05, 0) is 102 Å². The van der Waals surface area contributed by atoms with E-state index in [9.17, 15) is 0 Å². The molecule has 0 amide bonds. The SMILES string of the molecule is CC1C=CC=CC1c1cccc(-c2ccccc2)c1-c1ccc2c(c1)C(C)(C)c1cc(-c3c(-c4ccccc4)cccc3-c3ccccc3)ccc1-2. The van der Waals surface area contributed by atoms with Gasteiger partial charge in [-0.2, -0.15) is 0 Å². The van der Waals surface area contributed by atoms with Gasteiger partial charge in [0, 0.05) is 11.3 Å². The van der Waals surface area contributed by atoms with Crippen LogP contribution in [0.1, 0.15) is 43.4 Å². The monoisotopic (exact) mass is 666 g/mol. The highest BCUT2D eigenvalue weighted by molar-refractivity contribution is 5.97. The predicted octanol–water partition coefficient (Wildman–Crippen LogP) is 14.2. The molecule has 0 heterocycles. The maximum Gasteiger partial charge on any atom is 0.0159 e. The van der Waals surface area contributed by atoms with Gasteiger partial charge in [0.25, 0.3) is 0 Å². The molecular formula is C52H42. The smallest absolute Gasteiger partial charge is 0.0159 e. The average molecular weight is 667 g/mol. The van der Waals surface area contributed by atoms with E-state index in [1.807, 2.05) is 0 Å². The first-order valence-corrected chi connectivity index (χ1v) is 18.6. The van der Waals surface area contributed by atoms with Gasteiger partial charge in [0.05, 0.1) is 0 Å². The molecule has 0 radical (unpaired) electrons. The molecule has 0 N–H and O–H groups in total. The van der Waals surface area contributed by atoms with Crippen molar-refractivity contribution < 1.29 is 0 Å². The summed E-state index contributed by atoms with van der Waals surface area (Å²) in [4.78, 5) is 0. The second-order valence-electron chi connectivity index (χ2n) is 14.9. The van der Waals surface area contributed by atoms with Crippen LogP contribution in [0.15, 0.2) is 188 Å². The summed E-state index contributed by atoms with van der Waals surface area (Å²) in [5.74, 6) is 0.732. The van der Waals surface area contributed by atoms with Gasteiger partial charge in [-0.1, -0.05) is 197 Å². The van der Waals surface area contributed by atoms with E-state index >= 15 is 0 Å². The largest absolute Gasteiger partial charge is 0.0808 e. The lowest BCUT2D eigenvalue weighted by Crippen LogP contribution is -2.15. The van der Waals surface area contributed by atoms with Gasteiger partial charge in [-0.25, -0.2) is 0 Å². The molecule has 7 aromatic carbocycles. The standard InChI is InChI=1S/C52H42/c1-35-17-13-14-24-41(35)47-28-16-27-44(38-22-11-6-12-23-38)51(47)40-30-32-46-45-31-29-39(33-48(45)52(2,3)49(46)34-40)50-42(36-18-7-4-8-19-36)25-15-26-43(50)37-20-9-5-10-21-37/h4-35,41H,1-3H3. The highest BCUT2D eigenvalue weighted by Crippen LogP contribution is 2.53. The summed E-state index contributed by atoms with van der Waals surface area (Å²) in [6.07, 6.45) is 9.11. The van der Waals surface area contributed by atoms with E-state index in [4.69, 9.17) is 0 Å². The molecule has 0 heteroatoms. The van der Waals surface area contributed by atoms with E-state index in [1.165, 1.54) is 83.5 Å². The number of hydrogen-bond acceptors (Lipinski definition) is 0. The first kappa shape index (κ1) is 32.0. The lowest BCUT2D eigenvalue weighted by atomic mass is 9.77. The maximum absolute atomic E-state index is 2.50. The fourth-order valence-corrected chi connectivity index (χ4v) is 8.76. The Bertz CT molecular complexity index is 2420. The second-order valence-corrected chi connectivity index (χ2v) is 14.9. The fourth-order valence-electron chi connectivity index (χ4n) is 8.76. The topological polar surface area (TPSA) is 0 Å². The van der Waals surface area contributed by atoms with Gasteiger partial charge in [-0.3, -0.25) is 0 Å². The third-order valence-corrected chi connectivity index (χ3v) is 11.4. The van der Waals surface area contributed by atoms with Crippen molar-refractivity contribution in [3.63, 3.8) is 0 Å². The molecule has 0 aromatic heterocycles. The minimum Gasteiger partial charge on any atom is -0.0808 e. The first-order chi connectivity index (χ1) is 25.5. The summed E-state index contributed by atoms with van der Waals surface area (Å²) in [6, 6.07) is 60.6. The van der Waals surface area contributed by atoms with Crippen LogP contribution in [0.5, 0.6) is 0 Å². The summed E-state index contributed by atoms with van der Waals surface area (Å²) in [6.45, 7) is 7.16. The molecular weight excluding hydrogens is 625 g/mol. The Hall–Kier alpha value is -5.98. The van der Waals surface area contributed by atoms with Crippen molar-refractivity contribution in [2.24, 2.45) is 5.92 Å². The van der Waals surface area contributed by atoms with Gasteiger partial charge < -0.3 is 0 Å². The molecule has 0 bridgehead atoms. The minimum absolute atomic E-state index is 0.187. The molecule has 0 aliphatic heterocycles. The van der Waals surface area contributed by atoms with Crippen LogP contribution in [0.3, 0.4) is 0 Å². The molecule has 2 atom stereocenters. The molecule has 7 aromatic rings. The van der Waals surface area contributed by atoms with E-state index in [1.54, 1.807) is 0 Å². The van der Waals surface area contributed by atoms with Crippen molar-refractivity contribution in [2.75, 3.05) is 0 Å². The third kappa shape index (κ3) is 5.38. The Morgan fingerprint density at radius 2 is 0.827 bits per heavy atom. The number of fused-ring (bicyclic) bond motifs is 3. The maximum atomic E-state index is 2.50. The lowest BCUT2D eigenvalue weighted by molar-refractivity contribution is 0.636. The average Bonchev–Trinajstić information content (AvgIpc) is 3.43. The Labute approximate surface area is 308 Å². The second kappa shape index (κ2) is 13.0. The Morgan fingerprint density at radius 3 is 1.33 bits per heavy atom. The number of hydrogen-bond donors (Lipinski definition) is 0. The zero-order valence-corrected chi connectivity index (χ0v) is 30.1. The van der Waals surface area contributed by atoms with Crippen LogP contribution < -0.4 is 0 Å². The summed E-state index contributed by atoms with van der Waals surface area (Å²) < 4.78 is 0. The fraction of sp³-hybridized carbons (Fsp3) is 0.115. The van der Waals surface area contributed by atoms with Crippen LogP contribution >= 0.6 is 0 Å². The van der Waals surface area contributed by atoms with E-state index in [0.717, 1.165) is 0 Å². The Kier molecular flexibility index (Phi) is 7.97. The Balaban J connectivity index is 1.21. The Morgan fingerprint density at radius 1 is 0.385 bits per heavy atom. The van der Waals surface area contributed by atoms with Crippen LogP contribution in [0, 0.1) is 5.92 Å². The van der Waals surface area contributed by atoms with Gasteiger partial charge in [-0.15, -0.1) is 0 Å². The molecule has 0 fully saturated rings. The van der Waals surface area contributed by atoms with Crippen molar-refractivity contribution in [2.45, 2.75) is 32.1 Å². The summed E-state index contributed by atoms with van der Waals surface area (Å²) in [5.41, 5.74) is 19.3. The quantitative estimate of drug-likeness (QED) is 0.166. The highest BCUT2D eigenvalue weighted by Gasteiger charge is 2.36. The van der Waals surface area contributed by atoms with E-state index in [0.29, 0.717) is 11.8 Å². The molecule has 0 spiro atoms. The summed E-state index contributed by atoms with van der Waals surface area (Å²) in [5, 5.41) is 0. The summed E-state index contributed by atoms with van der Waals surface area (Å²) in [7, 11) is 0. The van der Waals surface area contributed by atoms with Crippen LogP contribution in [-0.2, 0) is 5.41 Å². The van der Waals surface area contributed by atoms with E-state index in [-0.39, 0.29) is 5.41 Å². The molecule has 2 aliphatic carbocycles. The van der Waals surface area contributed by atoms with Gasteiger partial charge >= 0.3 is 0 Å².